The molecule has 2 amide bonds. The third kappa shape index (κ3) is 6.28. The highest BCUT2D eigenvalue weighted by Gasteiger charge is 2.51. The van der Waals surface area contributed by atoms with E-state index in [4.69, 9.17) is 23.4 Å². The Balaban J connectivity index is 1.49. The Hall–Kier alpha value is -5.66. The van der Waals surface area contributed by atoms with Crippen LogP contribution in [0.25, 0.3) is 11.0 Å². The first-order valence-corrected chi connectivity index (χ1v) is 15.9. The molecule has 13 heteroatoms. The molecule has 0 saturated carbocycles. The zero-order valence-corrected chi connectivity index (χ0v) is 27.6. The first kappa shape index (κ1) is 34.2. The molecule has 0 bridgehead atoms. The smallest absolute Gasteiger partial charge is 0.349 e. The van der Waals surface area contributed by atoms with Gasteiger partial charge >= 0.3 is 5.63 Å². The molecule has 0 fully saturated rings. The molecule has 260 valence electrons. The number of benzene rings is 3. The lowest BCUT2D eigenvalue weighted by molar-refractivity contribution is -0.118. The number of hydrogen-bond acceptors (Lipinski definition) is 11. The highest BCUT2D eigenvalue weighted by molar-refractivity contribution is 5.99. The number of ether oxygens (including phenoxy) is 4. The molecule has 0 saturated heterocycles. The van der Waals surface area contributed by atoms with Crippen LogP contribution in [0.15, 0.2) is 81.5 Å². The summed E-state index contributed by atoms with van der Waals surface area (Å²) in [4.78, 5) is 54.7. The lowest BCUT2D eigenvalue weighted by Gasteiger charge is -2.40. The number of aliphatic hydroxyl groups excluding tert-OH is 2. The molecule has 6 rings (SSSR count). The van der Waals surface area contributed by atoms with Crippen LogP contribution in [0.4, 0.5) is 0 Å². The van der Waals surface area contributed by atoms with Crippen molar-refractivity contribution in [1.29, 1.82) is 0 Å². The third-order valence-corrected chi connectivity index (χ3v) is 9.01. The van der Waals surface area contributed by atoms with Gasteiger partial charge in [-0.25, -0.2) is 4.79 Å². The second-order valence-corrected chi connectivity index (χ2v) is 11.8. The number of aldehydes is 1. The Kier molecular flexibility index (Phi) is 9.88. The van der Waals surface area contributed by atoms with Crippen molar-refractivity contribution in [3.8, 4) is 23.0 Å². The van der Waals surface area contributed by atoms with Crippen LogP contribution >= 0.6 is 0 Å². The fourth-order valence-electron chi connectivity index (χ4n) is 6.63. The van der Waals surface area contributed by atoms with Crippen LogP contribution in [-0.4, -0.2) is 92.5 Å². The Morgan fingerprint density at radius 2 is 1.78 bits per heavy atom. The molecule has 13 nitrogen and oxygen atoms in total. The normalized spacial score (nSPS) is 19.0. The Morgan fingerprint density at radius 3 is 2.50 bits per heavy atom. The quantitative estimate of drug-likeness (QED) is 0.148. The SMILES string of the molecule is COc1ccc(OC)c(CCN(C(=O)c2cc3ccccc3oc2=O)[C@@H]2C=C(C(=O)NCCO)[C@@H]3c4cc(C=O)cc(OC)c4O[C@@H]3[C@H]2O)c1. The van der Waals surface area contributed by atoms with E-state index in [0.717, 1.165) is 0 Å². The Labute approximate surface area is 286 Å². The molecule has 3 aromatic carbocycles. The van der Waals surface area contributed by atoms with Gasteiger partial charge in [0.05, 0.1) is 39.9 Å². The highest BCUT2D eigenvalue weighted by atomic mass is 16.5. The second-order valence-electron chi connectivity index (χ2n) is 11.8. The molecular formula is C37H36N2O11. The molecule has 1 aliphatic carbocycles. The first-order chi connectivity index (χ1) is 24.2. The summed E-state index contributed by atoms with van der Waals surface area (Å²) < 4.78 is 28.3. The fraction of sp³-hybridized carbons (Fsp3) is 0.297. The summed E-state index contributed by atoms with van der Waals surface area (Å²) >= 11 is 0. The maximum atomic E-state index is 14.5. The predicted molar refractivity (Wildman–Crippen MR) is 180 cm³/mol. The van der Waals surface area contributed by atoms with E-state index in [9.17, 15) is 29.4 Å². The van der Waals surface area contributed by atoms with Crippen LogP contribution in [0.5, 0.6) is 23.0 Å². The zero-order chi connectivity index (χ0) is 35.5. The number of carbonyl (C=O) groups is 3. The van der Waals surface area contributed by atoms with Gasteiger partial charge in [-0.15, -0.1) is 0 Å². The van der Waals surface area contributed by atoms with Gasteiger partial charge in [0, 0.05) is 35.2 Å². The van der Waals surface area contributed by atoms with Gasteiger partial charge < -0.3 is 43.8 Å². The van der Waals surface area contributed by atoms with E-state index in [-0.39, 0.29) is 54.3 Å². The second kappa shape index (κ2) is 14.4. The Morgan fingerprint density at radius 1 is 1.00 bits per heavy atom. The van der Waals surface area contributed by atoms with Gasteiger partial charge in [0.1, 0.15) is 41.1 Å². The van der Waals surface area contributed by atoms with Crippen LogP contribution in [0.1, 0.15) is 37.8 Å². The first-order valence-electron chi connectivity index (χ1n) is 15.9. The summed E-state index contributed by atoms with van der Waals surface area (Å²) in [7, 11) is 4.44. The van der Waals surface area contributed by atoms with E-state index in [1.807, 2.05) is 0 Å². The molecule has 4 atom stereocenters. The average molecular weight is 685 g/mol. The van der Waals surface area contributed by atoms with Gasteiger partial charge in [-0.05, 0) is 60.5 Å². The predicted octanol–water partition coefficient (Wildman–Crippen LogP) is 2.64. The van der Waals surface area contributed by atoms with E-state index in [2.05, 4.69) is 5.32 Å². The van der Waals surface area contributed by atoms with E-state index < -0.39 is 41.6 Å². The number of amides is 2. The lowest BCUT2D eigenvalue weighted by atomic mass is 9.77. The van der Waals surface area contributed by atoms with E-state index in [0.29, 0.717) is 39.9 Å². The van der Waals surface area contributed by atoms with Gasteiger partial charge in [0.25, 0.3) is 5.91 Å². The number of rotatable bonds is 12. The third-order valence-electron chi connectivity index (χ3n) is 9.01. The molecule has 0 spiro atoms. The number of fused-ring (bicyclic) bond motifs is 4. The van der Waals surface area contributed by atoms with Crippen molar-refractivity contribution in [3.63, 3.8) is 0 Å². The van der Waals surface area contributed by atoms with Crippen molar-refractivity contribution < 1.29 is 48.0 Å². The van der Waals surface area contributed by atoms with Crippen LogP contribution in [0, 0.1) is 0 Å². The van der Waals surface area contributed by atoms with Crippen molar-refractivity contribution in [2.24, 2.45) is 0 Å². The number of para-hydroxylation sites is 1. The molecule has 2 aliphatic rings. The van der Waals surface area contributed by atoms with Crippen LogP contribution in [-0.2, 0) is 11.2 Å². The zero-order valence-electron chi connectivity index (χ0n) is 27.6. The molecule has 0 radical (unpaired) electrons. The number of carbonyl (C=O) groups excluding carboxylic acids is 3. The van der Waals surface area contributed by atoms with Gasteiger partial charge in [0.15, 0.2) is 11.5 Å². The van der Waals surface area contributed by atoms with Gasteiger partial charge in [-0.2, -0.15) is 0 Å². The number of nitrogens with one attached hydrogen (secondary N) is 1. The molecular weight excluding hydrogens is 648 g/mol. The van der Waals surface area contributed by atoms with Crippen molar-refractivity contribution >= 4 is 29.1 Å². The summed E-state index contributed by atoms with van der Waals surface area (Å²) in [5.74, 6) is -0.656. The van der Waals surface area contributed by atoms with Crippen molar-refractivity contribution in [3.05, 3.63) is 105 Å². The summed E-state index contributed by atoms with van der Waals surface area (Å²) in [6.07, 6.45) is -0.244. The summed E-state index contributed by atoms with van der Waals surface area (Å²) in [5, 5.41) is 24.7. The maximum absolute atomic E-state index is 14.5. The maximum Gasteiger partial charge on any atom is 0.349 e. The van der Waals surface area contributed by atoms with Gasteiger partial charge in [-0.3, -0.25) is 14.4 Å². The minimum atomic E-state index is -1.44. The highest BCUT2D eigenvalue weighted by Crippen LogP contribution is 2.51. The minimum Gasteiger partial charge on any atom is -0.497 e. The van der Waals surface area contributed by atoms with Crippen LogP contribution in [0.3, 0.4) is 0 Å². The fourth-order valence-corrected chi connectivity index (χ4v) is 6.63. The molecule has 50 heavy (non-hydrogen) atoms. The Bertz CT molecular complexity index is 2040. The number of hydrogen-bond donors (Lipinski definition) is 3. The van der Waals surface area contributed by atoms with Crippen molar-refractivity contribution in [2.45, 2.75) is 30.6 Å². The number of nitrogens with zero attached hydrogens (tertiary/aromatic N) is 1. The molecule has 3 N–H and O–H groups in total. The summed E-state index contributed by atoms with van der Waals surface area (Å²) in [6, 6.07) is 15.3. The summed E-state index contributed by atoms with van der Waals surface area (Å²) in [6.45, 7) is -0.454. The van der Waals surface area contributed by atoms with Gasteiger partial charge in [0.2, 0.25) is 5.91 Å². The van der Waals surface area contributed by atoms with Crippen molar-refractivity contribution in [2.75, 3.05) is 41.0 Å². The average Bonchev–Trinajstić information content (AvgIpc) is 3.53. The van der Waals surface area contributed by atoms with E-state index in [1.54, 1.807) is 48.5 Å². The molecule has 1 aliphatic heterocycles. The van der Waals surface area contributed by atoms with E-state index in [1.165, 1.54) is 44.4 Å². The topological polar surface area (TPSA) is 174 Å². The van der Waals surface area contributed by atoms with E-state index >= 15 is 0 Å². The largest absolute Gasteiger partial charge is 0.497 e. The minimum absolute atomic E-state index is 0.0542. The van der Waals surface area contributed by atoms with Gasteiger partial charge in [-0.1, -0.05) is 18.2 Å². The number of aliphatic hydroxyl groups is 2. The van der Waals surface area contributed by atoms with Crippen molar-refractivity contribution in [1.82, 2.24) is 10.2 Å². The molecule has 1 aromatic heterocycles. The molecule has 0 unspecified atom stereocenters. The molecule has 2 heterocycles. The van der Waals surface area contributed by atoms with Crippen LogP contribution < -0.4 is 29.9 Å². The monoisotopic (exact) mass is 684 g/mol. The summed E-state index contributed by atoms with van der Waals surface area (Å²) in [5.41, 5.74) is 0.663. The number of methoxy groups -OCH3 is 3. The molecule has 4 aromatic rings. The lowest BCUT2D eigenvalue weighted by Crippen LogP contribution is -2.56. The van der Waals surface area contributed by atoms with Crippen LogP contribution in [0.2, 0.25) is 0 Å². The standard InChI is InChI=1S/C37H36N2O11/c1-46-23-8-9-28(47-2)22(16-23)10-12-39(36(44)26-17-21-6-4-5-7-29(21)49-37(26)45)27-18-25(35(43)38-11-13-40)31-24-14-20(19-41)15-30(48-3)33(24)50-34(31)32(27)42/h4-9,14-19,27,31-32,34,40,42H,10-13H2,1-3H3,(H,38,43)/t27-,31+,32+,34+/m1/s1.